The van der Waals surface area contributed by atoms with Crippen LogP contribution in [0.15, 0.2) is 58.7 Å². The summed E-state index contributed by atoms with van der Waals surface area (Å²) in [4.78, 5) is 16.6. The van der Waals surface area contributed by atoms with Crippen molar-refractivity contribution < 1.29 is 23.4 Å². The number of carbonyl (C=O) groups excluding carboxylic acids is 1. The van der Waals surface area contributed by atoms with Gasteiger partial charge in [-0.2, -0.15) is 0 Å². The van der Waals surface area contributed by atoms with E-state index in [4.69, 9.17) is 18.6 Å². The normalized spacial score (nSPS) is 11.3. The van der Waals surface area contributed by atoms with Crippen LogP contribution in [0.25, 0.3) is 17.5 Å². The van der Waals surface area contributed by atoms with Gasteiger partial charge < -0.3 is 18.6 Å². The molecule has 0 saturated heterocycles. The van der Waals surface area contributed by atoms with Crippen LogP contribution < -0.4 is 4.74 Å². The van der Waals surface area contributed by atoms with Gasteiger partial charge in [-0.25, -0.2) is 9.78 Å². The summed E-state index contributed by atoms with van der Waals surface area (Å²) < 4.78 is 22.2. The molecule has 2 aromatic carbocycles. The van der Waals surface area contributed by atoms with Gasteiger partial charge in [0.05, 0.1) is 13.2 Å². The molecule has 0 aliphatic carbocycles. The van der Waals surface area contributed by atoms with Crippen molar-refractivity contribution in [1.82, 2.24) is 4.98 Å². The van der Waals surface area contributed by atoms with Crippen LogP contribution in [-0.4, -0.2) is 24.2 Å². The molecule has 0 bridgehead atoms. The van der Waals surface area contributed by atoms with E-state index >= 15 is 0 Å². The van der Waals surface area contributed by atoms with Crippen molar-refractivity contribution in [2.75, 3.05) is 13.2 Å². The van der Waals surface area contributed by atoms with Gasteiger partial charge in [-0.05, 0) is 69.2 Å². The Balaban J connectivity index is 1.72. The highest BCUT2D eigenvalue weighted by Crippen LogP contribution is 2.24. The number of oxazole rings is 1. The Morgan fingerprint density at radius 3 is 2.45 bits per heavy atom. The van der Waals surface area contributed by atoms with E-state index in [9.17, 15) is 4.79 Å². The Labute approximate surface area is 182 Å². The summed E-state index contributed by atoms with van der Waals surface area (Å²) in [5.41, 5.74) is 3.48. The Bertz CT molecular complexity index is 1050. The highest BCUT2D eigenvalue weighted by atomic mass is 16.6. The van der Waals surface area contributed by atoms with E-state index in [0.717, 1.165) is 28.1 Å². The number of aryl methyl sites for hydroxylation is 2. The lowest BCUT2D eigenvalue weighted by Gasteiger charge is -2.10. The van der Waals surface area contributed by atoms with Crippen molar-refractivity contribution in [2.45, 2.75) is 34.3 Å². The minimum absolute atomic E-state index is 0.188. The van der Waals surface area contributed by atoms with Crippen molar-refractivity contribution >= 4 is 12.0 Å². The van der Waals surface area contributed by atoms with Crippen LogP contribution >= 0.6 is 0 Å². The second-order valence-corrected chi connectivity index (χ2v) is 6.86. The highest BCUT2D eigenvalue weighted by molar-refractivity contribution is 5.91. The largest absolute Gasteiger partial charge is 0.487 e. The predicted octanol–water partition coefficient (Wildman–Crippen LogP) is 5.48. The minimum atomic E-state index is -0.472. The van der Waals surface area contributed by atoms with Crippen LogP contribution in [0.3, 0.4) is 0 Å². The van der Waals surface area contributed by atoms with Crippen LogP contribution in [0.2, 0.25) is 0 Å². The third-order valence-electron chi connectivity index (χ3n) is 4.59. The first-order valence-electron chi connectivity index (χ1n) is 10.3. The summed E-state index contributed by atoms with van der Waals surface area (Å²) in [5.74, 6) is 1.72. The minimum Gasteiger partial charge on any atom is -0.487 e. The maximum Gasteiger partial charge on any atom is 0.373 e. The van der Waals surface area contributed by atoms with Gasteiger partial charge in [0.25, 0.3) is 0 Å². The fourth-order valence-electron chi connectivity index (χ4n) is 2.98. The van der Waals surface area contributed by atoms with Gasteiger partial charge >= 0.3 is 5.97 Å². The number of hydrogen-bond acceptors (Lipinski definition) is 6. The monoisotopic (exact) mass is 421 g/mol. The molecule has 3 rings (SSSR count). The molecule has 0 aliphatic rings. The van der Waals surface area contributed by atoms with E-state index in [-0.39, 0.29) is 5.76 Å². The zero-order valence-corrected chi connectivity index (χ0v) is 18.3. The summed E-state index contributed by atoms with van der Waals surface area (Å²) in [6.45, 7) is 8.38. The molecule has 1 aromatic heterocycles. The smallest absolute Gasteiger partial charge is 0.373 e. The first-order chi connectivity index (χ1) is 15.0. The van der Waals surface area contributed by atoms with E-state index in [1.807, 2.05) is 69.3 Å². The van der Waals surface area contributed by atoms with Crippen molar-refractivity contribution in [3.8, 4) is 17.2 Å². The van der Waals surface area contributed by atoms with Crippen molar-refractivity contribution in [1.29, 1.82) is 0 Å². The van der Waals surface area contributed by atoms with E-state index in [0.29, 0.717) is 31.5 Å². The van der Waals surface area contributed by atoms with Gasteiger partial charge in [-0.3, -0.25) is 0 Å². The quantitative estimate of drug-likeness (QED) is 0.259. The topological polar surface area (TPSA) is 70.8 Å². The molecule has 162 valence electrons. The lowest BCUT2D eigenvalue weighted by Crippen LogP contribution is -2.10. The molecule has 3 aromatic rings. The van der Waals surface area contributed by atoms with Crippen LogP contribution in [0, 0.1) is 13.8 Å². The molecule has 31 heavy (non-hydrogen) atoms. The summed E-state index contributed by atoms with van der Waals surface area (Å²) in [6, 6.07) is 15.4. The maximum absolute atomic E-state index is 12.1. The van der Waals surface area contributed by atoms with Crippen LogP contribution in [0.1, 0.15) is 36.4 Å². The lowest BCUT2D eigenvalue weighted by atomic mass is 10.1. The number of carbonyl (C=O) groups is 1. The Morgan fingerprint density at radius 2 is 1.77 bits per heavy atom. The molecule has 0 saturated carbocycles. The number of esters is 1. The molecular formula is C25H27NO5. The Kier molecular flexibility index (Phi) is 7.49. The summed E-state index contributed by atoms with van der Waals surface area (Å²) >= 11 is 0. The molecule has 0 amide bonds. The predicted molar refractivity (Wildman–Crippen MR) is 118 cm³/mol. The van der Waals surface area contributed by atoms with Gasteiger partial charge in [0.15, 0.2) is 0 Å². The lowest BCUT2D eigenvalue weighted by molar-refractivity contribution is -0.142. The molecule has 0 fully saturated rings. The van der Waals surface area contributed by atoms with E-state index in [1.165, 1.54) is 0 Å². The number of hydrogen-bond donors (Lipinski definition) is 0. The van der Waals surface area contributed by atoms with Crippen LogP contribution in [0.5, 0.6) is 5.75 Å². The van der Waals surface area contributed by atoms with E-state index in [1.54, 1.807) is 13.0 Å². The highest BCUT2D eigenvalue weighted by Gasteiger charge is 2.14. The molecule has 6 heteroatoms. The number of benzene rings is 2. The third kappa shape index (κ3) is 5.75. The number of aromatic nitrogens is 1. The number of nitrogens with zero attached hydrogens (tertiary/aromatic N) is 1. The van der Waals surface area contributed by atoms with Crippen molar-refractivity contribution in [3.63, 3.8) is 0 Å². The molecule has 0 atom stereocenters. The molecule has 0 spiro atoms. The van der Waals surface area contributed by atoms with Gasteiger partial charge in [-0.15, -0.1) is 0 Å². The van der Waals surface area contributed by atoms with E-state index < -0.39 is 5.97 Å². The standard InChI is InChI=1S/C25H27NO5/c1-5-28-23(25(27)29-6-2)15-20-12-13-21(14-17(20)3)30-16-22-18(4)31-24(26-22)19-10-8-7-9-11-19/h7-15H,5-6,16H2,1-4H3/b23-15+. The summed E-state index contributed by atoms with van der Waals surface area (Å²) in [6.07, 6.45) is 1.69. The molecule has 0 N–H and O–H groups in total. The van der Waals surface area contributed by atoms with Gasteiger partial charge in [0.1, 0.15) is 23.8 Å². The number of ether oxygens (including phenoxy) is 3. The van der Waals surface area contributed by atoms with Crippen molar-refractivity contribution in [3.05, 3.63) is 76.9 Å². The SMILES string of the molecule is CCOC(=O)/C(=C\c1ccc(OCc2nc(-c3ccccc3)oc2C)cc1C)OCC. The van der Waals surface area contributed by atoms with Gasteiger partial charge in [0, 0.05) is 5.56 Å². The molecular weight excluding hydrogens is 394 g/mol. The summed E-state index contributed by atoms with van der Waals surface area (Å²) in [5, 5.41) is 0. The second-order valence-electron chi connectivity index (χ2n) is 6.86. The third-order valence-corrected chi connectivity index (χ3v) is 4.59. The average Bonchev–Trinajstić information content (AvgIpc) is 3.15. The fourth-order valence-corrected chi connectivity index (χ4v) is 2.98. The number of rotatable bonds is 9. The van der Waals surface area contributed by atoms with Crippen LogP contribution in [0.4, 0.5) is 0 Å². The van der Waals surface area contributed by atoms with Gasteiger partial charge in [-0.1, -0.05) is 24.3 Å². The molecule has 6 nitrogen and oxygen atoms in total. The first kappa shape index (κ1) is 22.2. The molecule has 0 aliphatic heterocycles. The Hall–Kier alpha value is -3.54. The van der Waals surface area contributed by atoms with E-state index in [2.05, 4.69) is 4.98 Å². The maximum atomic E-state index is 12.1. The first-order valence-corrected chi connectivity index (χ1v) is 10.3. The molecule has 0 unspecified atom stereocenters. The Morgan fingerprint density at radius 1 is 1.03 bits per heavy atom. The molecule has 1 heterocycles. The average molecular weight is 421 g/mol. The van der Waals surface area contributed by atoms with Crippen LogP contribution in [-0.2, 0) is 20.9 Å². The zero-order chi connectivity index (χ0) is 22.2. The second kappa shape index (κ2) is 10.5. The van der Waals surface area contributed by atoms with Crippen molar-refractivity contribution in [2.24, 2.45) is 0 Å². The molecule has 0 radical (unpaired) electrons. The fraction of sp³-hybridized carbons (Fsp3) is 0.280. The summed E-state index contributed by atoms with van der Waals surface area (Å²) in [7, 11) is 0. The zero-order valence-electron chi connectivity index (χ0n) is 18.3. The van der Waals surface area contributed by atoms with Gasteiger partial charge in [0.2, 0.25) is 11.6 Å².